The van der Waals surface area contributed by atoms with Gasteiger partial charge in [-0.15, -0.1) is 0 Å². The van der Waals surface area contributed by atoms with Crippen LogP contribution in [0, 0.1) is 11.3 Å². The van der Waals surface area contributed by atoms with E-state index >= 15 is 0 Å². The van der Waals surface area contributed by atoms with E-state index in [4.69, 9.17) is 21.6 Å². The number of carbonyl (C=O) groups excluding carboxylic acids is 1. The van der Waals surface area contributed by atoms with E-state index in [0.29, 0.717) is 5.56 Å². The number of hydrogen-bond acceptors (Lipinski definition) is 4. The van der Waals surface area contributed by atoms with E-state index in [1.165, 1.54) is 19.2 Å². The first-order valence-electron chi connectivity index (χ1n) is 4.75. The van der Waals surface area contributed by atoms with Crippen LogP contribution < -0.4 is 0 Å². The average molecular weight is 239 g/mol. The molecule has 0 aliphatic rings. The lowest BCUT2D eigenvalue weighted by Crippen LogP contribution is -2.32. The Morgan fingerprint density at radius 3 is 2.94 bits per heavy atom. The first-order valence-corrected chi connectivity index (χ1v) is 5.13. The molecule has 4 nitrogen and oxygen atoms in total. The molecule has 0 amide bonds. The largest absolute Gasteiger partial charge is 0.465 e. The van der Waals surface area contributed by atoms with Crippen molar-refractivity contribution in [3.63, 3.8) is 0 Å². The second-order valence-electron chi connectivity index (χ2n) is 3.32. The molecule has 84 valence electrons. The maximum atomic E-state index is 11.7. The highest BCUT2D eigenvalue weighted by Crippen LogP contribution is 2.25. The molecule has 0 saturated heterocycles. The zero-order valence-corrected chi connectivity index (χ0v) is 9.78. The van der Waals surface area contributed by atoms with E-state index in [-0.39, 0.29) is 11.8 Å². The van der Waals surface area contributed by atoms with Crippen molar-refractivity contribution >= 4 is 17.6 Å². The summed E-state index contributed by atoms with van der Waals surface area (Å²) < 4.78 is 4.87. The van der Waals surface area contributed by atoms with Crippen molar-refractivity contribution in [1.82, 2.24) is 4.98 Å². The molecule has 1 rings (SSSR count). The van der Waals surface area contributed by atoms with Crippen molar-refractivity contribution in [1.29, 1.82) is 5.26 Å². The number of pyridine rings is 1. The summed E-state index contributed by atoms with van der Waals surface area (Å²) >= 11 is 5.72. The highest BCUT2D eigenvalue weighted by Gasteiger charge is 2.37. The van der Waals surface area contributed by atoms with E-state index in [1.807, 2.05) is 6.07 Å². The number of ether oxygens (including phenoxy) is 1. The smallest absolute Gasteiger partial charge is 0.330 e. The van der Waals surface area contributed by atoms with Gasteiger partial charge in [-0.3, -0.25) is 0 Å². The molecule has 1 unspecified atom stereocenters. The number of esters is 1. The minimum absolute atomic E-state index is 0.231. The molecule has 5 heteroatoms. The lowest BCUT2D eigenvalue weighted by atomic mass is 9.85. The highest BCUT2D eigenvalue weighted by atomic mass is 35.5. The molecule has 0 aliphatic carbocycles. The maximum Gasteiger partial charge on any atom is 0.330 e. The fourth-order valence-electron chi connectivity index (χ4n) is 1.22. The van der Waals surface area contributed by atoms with Crippen LogP contribution in [-0.2, 0) is 14.9 Å². The van der Waals surface area contributed by atoms with Crippen LogP contribution in [-0.4, -0.2) is 17.6 Å². The lowest BCUT2D eigenvalue weighted by Gasteiger charge is -2.19. The predicted molar refractivity (Wildman–Crippen MR) is 58.8 cm³/mol. The van der Waals surface area contributed by atoms with Crippen LogP contribution in [0.5, 0.6) is 0 Å². The summed E-state index contributed by atoms with van der Waals surface area (Å²) in [6.07, 6.45) is 1.45. The van der Waals surface area contributed by atoms with Gasteiger partial charge in [-0.05, 0) is 31.5 Å². The molecule has 0 aliphatic heterocycles. The van der Waals surface area contributed by atoms with Gasteiger partial charge in [0.05, 0.1) is 12.7 Å². The fourth-order valence-corrected chi connectivity index (χ4v) is 1.39. The van der Waals surface area contributed by atoms with E-state index in [1.54, 1.807) is 13.0 Å². The summed E-state index contributed by atoms with van der Waals surface area (Å²) in [6.45, 7) is 3.42. The standard InChI is InChI=1S/C11H11ClN2O2/c1-3-16-10(15)11(2,7-13)8-4-5-14-9(12)6-8/h4-6H,3H2,1-2H3. The molecule has 1 aromatic rings. The molecule has 1 heterocycles. The van der Waals surface area contributed by atoms with Crippen molar-refractivity contribution in [2.24, 2.45) is 0 Å². The third-order valence-corrected chi connectivity index (χ3v) is 2.42. The van der Waals surface area contributed by atoms with Crippen molar-refractivity contribution < 1.29 is 9.53 Å². The summed E-state index contributed by atoms with van der Waals surface area (Å²) in [7, 11) is 0. The summed E-state index contributed by atoms with van der Waals surface area (Å²) in [4.78, 5) is 15.5. The first-order chi connectivity index (χ1) is 7.54. The minimum Gasteiger partial charge on any atom is -0.465 e. The van der Waals surface area contributed by atoms with Gasteiger partial charge in [-0.2, -0.15) is 5.26 Å². The van der Waals surface area contributed by atoms with Gasteiger partial charge in [0.1, 0.15) is 5.15 Å². The zero-order valence-electron chi connectivity index (χ0n) is 9.03. The number of carbonyl (C=O) groups is 1. The number of rotatable bonds is 3. The van der Waals surface area contributed by atoms with Gasteiger partial charge < -0.3 is 4.74 Å². The Bertz CT molecular complexity index is 442. The van der Waals surface area contributed by atoms with Crippen LogP contribution >= 0.6 is 11.6 Å². The first kappa shape index (κ1) is 12.5. The SMILES string of the molecule is CCOC(=O)C(C)(C#N)c1ccnc(Cl)c1. The van der Waals surface area contributed by atoms with Crippen LogP contribution in [0.2, 0.25) is 5.15 Å². The zero-order chi connectivity index (χ0) is 12.2. The van der Waals surface area contributed by atoms with Crippen molar-refractivity contribution in [3.05, 3.63) is 29.0 Å². The second kappa shape index (κ2) is 4.95. The summed E-state index contributed by atoms with van der Waals surface area (Å²) in [5.74, 6) is -0.584. The van der Waals surface area contributed by atoms with Crippen molar-refractivity contribution in [3.8, 4) is 6.07 Å². The van der Waals surface area contributed by atoms with Gasteiger partial charge in [0.25, 0.3) is 0 Å². The van der Waals surface area contributed by atoms with E-state index in [2.05, 4.69) is 4.98 Å². The molecule has 0 radical (unpaired) electrons. The monoisotopic (exact) mass is 238 g/mol. The molecule has 0 aromatic carbocycles. The number of hydrogen-bond donors (Lipinski definition) is 0. The fraction of sp³-hybridized carbons (Fsp3) is 0.364. The summed E-state index contributed by atoms with van der Waals surface area (Å²) in [5, 5.41) is 9.35. The lowest BCUT2D eigenvalue weighted by molar-refractivity contribution is -0.147. The maximum absolute atomic E-state index is 11.7. The third kappa shape index (κ3) is 2.31. The molecule has 1 aromatic heterocycles. The van der Waals surface area contributed by atoms with Crippen LogP contribution in [0.1, 0.15) is 19.4 Å². The number of nitrogens with zero attached hydrogens (tertiary/aromatic N) is 2. The van der Waals surface area contributed by atoms with E-state index < -0.39 is 11.4 Å². The molecular formula is C11H11ClN2O2. The number of halogens is 1. The predicted octanol–water partition coefficient (Wildman–Crippen LogP) is 2.08. The Morgan fingerprint density at radius 2 is 2.44 bits per heavy atom. The normalized spacial score (nSPS) is 13.6. The Morgan fingerprint density at radius 1 is 1.75 bits per heavy atom. The molecule has 0 N–H and O–H groups in total. The van der Waals surface area contributed by atoms with E-state index in [9.17, 15) is 4.79 Å². The Hall–Kier alpha value is -1.60. The average Bonchev–Trinajstić information content (AvgIpc) is 2.28. The van der Waals surface area contributed by atoms with Gasteiger partial charge in [-0.25, -0.2) is 9.78 Å². The van der Waals surface area contributed by atoms with Crippen LogP contribution in [0.3, 0.4) is 0 Å². The van der Waals surface area contributed by atoms with Gasteiger partial charge in [0.15, 0.2) is 5.41 Å². The van der Waals surface area contributed by atoms with E-state index in [0.717, 1.165) is 0 Å². The molecular weight excluding hydrogens is 228 g/mol. The van der Waals surface area contributed by atoms with Gasteiger partial charge in [0, 0.05) is 6.20 Å². The number of nitriles is 1. The molecule has 1 atom stereocenters. The summed E-state index contributed by atoms with van der Waals surface area (Å²) in [6, 6.07) is 5.01. The second-order valence-corrected chi connectivity index (χ2v) is 3.71. The Kier molecular flexibility index (Phi) is 3.86. The van der Waals surface area contributed by atoms with Gasteiger partial charge in [-0.1, -0.05) is 11.6 Å². The number of aromatic nitrogens is 1. The van der Waals surface area contributed by atoms with Gasteiger partial charge >= 0.3 is 5.97 Å². The molecule has 0 bridgehead atoms. The van der Waals surface area contributed by atoms with Crippen LogP contribution in [0.25, 0.3) is 0 Å². The van der Waals surface area contributed by atoms with Crippen molar-refractivity contribution in [2.75, 3.05) is 6.61 Å². The minimum atomic E-state index is -1.34. The quantitative estimate of drug-likeness (QED) is 0.597. The van der Waals surface area contributed by atoms with Gasteiger partial charge in [0.2, 0.25) is 0 Å². The summed E-state index contributed by atoms with van der Waals surface area (Å²) in [5.41, 5.74) is -0.865. The molecule has 16 heavy (non-hydrogen) atoms. The Labute approximate surface area is 98.8 Å². The Balaban J connectivity index is 3.16. The van der Waals surface area contributed by atoms with Crippen LogP contribution in [0.4, 0.5) is 0 Å². The topological polar surface area (TPSA) is 63.0 Å². The third-order valence-electron chi connectivity index (χ3n) is 2.21. The van der Waals surface area contributed by atoms with Crippen LogP contribution in [0.15, 0.2) is 18.3 Å². The molecule has 0 spiro atoms. The molecule has 0 fully saturated rings. The highest BCUT2D eigenvalue weighted by molar-refractivity contribution is 6.29. The van der Waals surface area contributed by atoms with Crippen molar-refractivity contribution in [2.45, 2.75) is 19.3 Å². The molecule has 0 saturated carbocycles.